The van der Waals surface area contributed by atoms with Crippen LogP contribution in [0, 0.1) is 5.92 Å². The molecule has 1 unspecified atom stereocenters. The minimum absolute atomic E-state index is 0.00681. The molecule has 0 saturated carbocycles. The van der Waals surface area contributed by atoms with Gasteiger partial charge in [-0.3, -0.25) is 9.59 Å². The highest BCUT2D eigenvalue weighted by molar-refractivity contribution is 5.91. The molecule has 106 valence electrons. The van der Waals surface area contributed by atoms with Crippen LogP contribution in [0.3, 0.4) is 0 Å². The average molecular weight is 274 g/mol. The zero-order chi connectivity index (χ0) is 14.4. The Balaban J connectivity index is 1.81. The smallest absolute Gasteiger partial charge is 0.255 e. The average Bonchev–Trinajstić information content (AvgIpc) is 2.90. The highest BCUT2D eigenvalue weighted by Crippen LogP contribution is 2.21. The van der Waals surface area contributed by atoms with Crippen molar-refractivity contribution in [2.45, 2.75) is 19.3 Å². The number of benzene rings is 1. The predicted octanol–water partition coefficient (Wildman–Crippen LogP) is 1.85. The molecular weight excluding hydrogens is 256 g/mol. The highest BCUT2D eigenvalue weighted by Gasteiger charge is 2.13. The molecule has 0 heterocycles. The molecule has 0 aromatic heterocycles. The lowest BCUT2D eigenvalue weighted by atomic mass is 10.1. The maximum Gasteiger partial charge on any atom is 0.255 e. The number of hydrogen-bond donors (Lipinski definition) is 2. The summed E-state index contributed by atoms with van der Waals surface area (Å²) in [6.07, 6.45) is 6.83. The van der Waals surface area contributed by atoms with Crippen molar-refractivity contribution >= 4 is 17.5 Å². The molecule has 0 aliphatic heterocycles. The first kappa shape index (κ1) is 14.1. The third kappa shape index (κ3) is 4.42. The normalized spacial score (nSPS) is 16.9. The topological polar surface area (TPSA) is 81.4 Å². The first-order chi connectivity index (χ1) is 9.63. The molecule has 0 bridgehead atoms. The lowest BCUT2D eigenvalue weighted by molar-refractivity contribution is -0.120. The number of anilines is 1. The van der Waals surface area contributed by atoms with Crippen molar-refractivity contribution in [3.63, 3.8) is 0 Å². The van der Waals surface area contributed by atoms with E-state index in [1.165, 1.54) is 0 Å². The molecule has 1 aliphatic rings. The van der Waals surface area contributed by atoms with Crippen LogP contribution < -0.4 is 15.8 Å². The van der Waals surface area contributed by atoms with E-state index in [-0.39, 0.29) is 12.5 Å². The van der Waals surface area contributed by atoms with Gasteiger partial charge in [-0.1, -0.05) is 12.2 Å². The van der Waals surface area contributed by atoms with Gasteiger partial charge in [0.2, 0.25) is 5.91 Å². The van der Waals surface area contributed by atoms with Gasteiger partial charge >= 0.3 is 0 Å². The number of nitrogens with one attached hydrogen (secondary N) is 1. The van der Waals surface area contributed by atoms with E-state index in [2.05, 4.69) is 17.5 Å². The number of hydrogen-bond acceptors (Lipinski definition) is 3. The van der Waals surface area contributed by atoms with E-state index in [1.807, 2.05) is 0 Å². The number of rotatable bonds is 6. The van der Waals surface area contributed by atoms with Gasteiger partial charge in [-0.05, 0) is 43.0 Å². The number of ether oxygens (including phenoxy) is 1. The van der Waals surface area contributed by atoms with E-state index in [4.69, 9.17) is 10.5 Å². The predicted molar refractivity (Wildman–Crippen MR) is 76.2 cm³/mol. The van der Waals surface area contributed by atoms with Crippen LogP contribution in [0.2, 0.25) is 0 Å². The zero-order valence-corrected chi connectivity index (χ0v) is 11.2. The Kier molecular flexibility index (Phi) is 4.76. The van der Waals surface area contributed by atoms with Gasteiger partial charge in [0.25, 0.3) is 5.91 Å². The maximum absolute atomic E-state index is 11.8. The van der Waals surface area contributed by atoms with Gasteiger partial charge in [0.05, 0.1) is 0 Å². The molecule has 0 spiro atoms. The van der Waals surface area contributed by atoms with Gasteiger partial charge < -0.3 is 15.8 Å². The van der Waals surface area contributed by atoms with Crippen LogP contribution in [0.5, 0.6) is 5.75 Å². The lowest BCUT2D eigenvalue weighted by Gasteiger charge is -2.09. The first-order valence-corrected chi connectivity index (χ1v) is 6.61. The van der Waals surface area contributed by atoms with Crippen LogP contribution in [0.15, 0.2) is 36.4 Å². The van der Waals surface area contributed by atoms with Gasteiger partial charge in [0.1, 0.15) is 5.75 Å². The van der Waals surface area contributed by atoms with Crippen LogP contribution in [0.1, 0.15) is 19.3 Å². The summed E-state index contributed by atoms with van der Waals surface area (Å²) < 4.78 is 5.14. The van der Waals surface area contributed by atoms with Gasteiger partial charge in [-0.25, -0.2) is 0 Å². The zero-order valence-electron chi connectivity index (χ0n) is 11.2. The van der Waals surface area contributed by atoms with Crippen molar-refractivity contribution in [2.75, 3.05) is 11.9 Å². The van der Waals surface area contributed by atoms with Gasteiger partial charge in [0, 0.05) is 12.1 Å². The molecule has 1 aromatic carbocycles. The van der Waals surface area contributed by atoms with Crippen LogP contribution in [-0.2, 0) is 9.59 Å². The summed E-state index contributed by atoms with van der Waals surface area (Å²) in [7, 11) is 0. The Morgan fingerprint density at radius 1 is 1.30 bits per heavy atom. The molecule has 5 nitrogen and oxygen atoms in total. The first-order valence-electron chi connectivity index (χ1n) is 6.61. The van der Waals surface area contributed by atoms with E-state index < -0.39 is 5.91 Å². The summed E-state index contributed by atoms with van der Waals surface area (Å²) in [6.45, 7) is -0.153. The minimum atomic E-state index is -0.521. The van der Waals surface area contributed by atoms with E-state index in [1.54, 1.807) is 24.3 Å². The Morgan fingerprint density at radius 2 is 2.05 bits per heavy atom. The summed E-state index contributed by atoms with van der Waals surface area (Å²) in [4.78, 5) is 22.4. The number of nitrogens with two attached hydrogens (primary N) is 1. The van der Waals surface area contributed by atoms with Crippen LogP contribution >= 0.6 is 0 Å². The molecule has 1 atom stereocenters. The Labute approximate surface area is 117 Å². The fourth-order valence-corrected chi connectivity index (χ4v) is 2.10. The van der Waals surface area contributed by atoms with Gasteiger partial charge in [-0.2, -0.15) is 0 Å². The van der Waals surface area contributed by atoms with E-state index in [0.29, 0.717) is 23.8 Å². The summed E-state index contributed by atoms with van der Waals surface area (Å²) >= 11 is 0. The maximum atomic E-state index is 11.8. The molecule has 1 aliphatic carbocycles. The van der Waals surface area contributed by atoms with E-state index >= 15 is 0 Å². The van der Waals surface area contributed by atoms with Crippen molar-refractivity contribution in [1.82, 2.24) is 0 Å². The van der Waals surface area contributed by atoms with E-state index in [0.717, 1.165) is 12.8 Å². The number of allylic oxidation sites excluding steroid dienone is 2. The van der Waals surface area contributed by atoms with Crippen molar-refractivity contribution in [1.29, 1.82) is 0 Å². The van der Waals surface area contributed by atoms with Crippen LogP contribution in [0.4, 0.5) is 5.69 Å². The standard InChI is InChI=1S/C15H18N2O3/c16-14(18)10-20-13-7-5-12(6-8-13)17-15(19)9-11-3-1-2-4-11/h1,3,5-8,11H,2,4,9-10H2,(H2,16,18)(H,17,19). The number of carbonyl (C=O) groups excluding carboxylic acids is 2. The monoisotopic (exact) mass is 274 g/mol. The summed E-state index contributed by atoms with van der Waals surface area (Å²) in [6, 6.07) is 6.85. The Hall–Kier alpha value is -2.30. The molecule has 0 fully saturated rings. The largest absolute Gasteiger partial charge is 0.484 e. The fraction of sp³-hybridized carbons (Fsp3) is 0.333. The molecule has 20 heavy (non-hydrogen) atoms. The fourth-order valence-electron chi connectivity index (χ4n) is 2.10. The van der Waals surface area contributed by atoms with Crippen molar-refractivity contribution in [3.8, 4) is 5.75 Å². The second kappa shape index (κ2) is 6.75. The molecule has 3 N–H and O–H groups in total. The Morgan fingerprint density at radius 3 is 2.65 bits per heavy atom. The quantitative estimate of drug-likeness (QED) is 0.777. The van der Waals surface area contributed by atoms with Crippen LogP contribution in [0.25, 0.3) is 0 Å². The van der Waals surface area contributed by atoms with E-state index in [9.17, 15) is 9.59 Å². The van der Waals surface area contributed by atoms with Crippen molar-refractivity contribution in [3.05, 3.63) is 36.4 Å². The van der Waals surface area contributed by atoms with Gasteiger partial charge in [-0.15, -0.1) is 0 Å². The molecule has 0 radical (unpaired) electrons. The van der Waals surface area contributed by atoms with Crippen molar-refractivity contribution in [2.24, 2.45) is 11.7 Å². The molecule has 5 heteroatoms. The summed E-state index contributed by atoms with van der Waals surface area (Å²) in [5.41, 5.74) is 5.70. The third-order valence-corrected chi connectivity index (χ3v) is 3.08. The summed E-state index contributed by atoms with van der Waals surface area (Å²) in [5.74, 6) is 0.382. The molecule has 2 rings (SSSR count). The molecular formula is C15H18N2O3. The van der Waals surface area contributed by atoms with Gasteiger partial charge in [0.15, 0.2) is 6.61 Å². The van der Waals surface area contributed by atoms with Crippen molar-refractivity contribution < 1.29 is 14.3 Å². The molecule has 0 saturated heterocycles. The second-order valence-corrected chi connectivity index (χ2v) is 4.80. The SMILES string of the molecule is NC(=O)COc1ccc(NC(=O)CC2C=CCC2)cc1. The number of carbonyl (C=O) groups is 2. The van der Waals surface area contributed by atoms with Crippen LogP contribution in [-0.4, -0.2) is 18.4 Å². The highest BCUT2D eigenvalue weighted by atomic mass is 16.5. The molecule has 2 amide bonds. The molecule has 1 aromatic rings. The number of amides is 2. The second-order valence-electron chi connectivity index (χ2n) is 4.80. The Bertz CT molecular complexity index is 508. The summed E-state index contributed by atoms with van der Waals surface area (Å²) in [5, 5.41) is 2.84. The number of primary amides is 1. The third-order valence-electron chi connectivity index (χ3n) is 3.08. The lowest BCUT2D eigenvalue weighted by Crippen LogP contribution is -2.20. The minimum Gasteiger partial charge on any atom is -0.484 e.